The Balaban J connectivity index is 2.82. The second-order valence-electron chi connectivity index (χ2n) is 4.62. The molecule has 0 saturated heterocycles. The minimum atomic E-state index is 0.701. The van der Waals surface area contributed by atoms with Crippen LogP contribution in [0.2, 0.25) is 0 Å². The molecule has 0 bridgehead atoms. The van der Waals surface area contributed by atoms with Crippen molar-refractivity contribution in [2.75, 3.05) is 30.8 Å². The van der Waals surface area contributed by atoms with Crippen molar-refractivity contribution in [1.29, 1.82) is 0 Å². The smallest absolute Gasteiger partial charge is 0.143 e. The lowest BCUT2D eigenvalue weighted by molar-refractivity contribution is 0.417. The average Bonchev–Trinajstić information content (AvgIpc) is 2.40. The van der Waals surface area contributed by atoms with Gasteiger partial charge in [-0.05, 0) is 25.0 Å². The van der Waals surface area contributed by atoms with Crippen LogP contribution >= 0.6 is 0 Å². The van der Waals surface area contributed by atoms with Gasteiger partial charge < -0.3 is 15.4 Å². The summed E-state index contributed by atoms with van der Waals surface area (Å²) in [5.41, 5.74) is 7.77. The van der Waals surface area contributed by atoms with Crippen molar-refractivity contribution in [3.05, 3.63) is 18.2 Å². The first-order chi connectivity index (χ1) is 8.72. The highest BCUT2D eigenvalue weighted by atomic mass is 16.5. The number of methoxy groups -OCH3 is 1. The first kappa shape index (κ1) is 14.7. The molecule has 3 heteroatoms. The van der Waals surface area contributed by atoms with Crippen LogP contribution in [-0.4, -0.2) is 20.2 Å². The van der Waals surface area contributed by atoms with Crippen molar-refractivity contribution < 1.29 is 4.74 Å². The Labute approximate surface area is 111 Å². The Morgan fingerprint density at radius 1 is 1.11 bits per heavy atom. The molecule has 2 N–H and O–H groups in total. The third kappa shape index (κ3) is 4.13. The molecule has 0 aliphatic heterocycles. The number of hydrogen-bond donors (Lipinski definition) is 1. The summed E-state index contributed by atoms with van der Waals surface area (Å²) in [5, 5.41) is 0. The van der Waals surface area contributed by atoms with Gasteiger partial charge in [0.15, 0.2) is 0 Å². The number of nitrogens with two attached hydrogens (primary N) is 1. The third-order valence-corrected chi connectivity index (χ3v) is 3.15. The normalized spacial score (nSPS) is 10.4. The number of hydrogen-bond acceptors (Lipinski definition) is 3. The van der Waals surface area contributed by atoms with Crippen LogP contribution in [-0.2, 0) is 0 Å². The maximum absolute atomic E-state index is 5.86. The van der Waals surface area contributed by atoms with Gasteiger partial charge in [-0.2, -0.15) is 0 Å². The molecule has 0 aliphatic carbocycles. The number of nitrogens with zero attached hydrogens (tertiary/aromatic N) is 1. The van der Waals surface area contributed by atoms with Gasteiger partial charge in [-0.3, -0.25) is 0 Å². The Morgan fingerprint density at radius 2 is 1.72 bits per heavy atom. The second kappa shape index (κ2) is 7.85. The second-order valence-corrected chi connectivity index (χ2v) is 4.62. The van der Waals surface area contributed by atoms with Gasteiger partial charge in [0.2, 0.25) is 0 Å². The van der Waals surface area contributed by atoms with Crippen LogP contribution in [0.1, 0.15) is 39.5 Å². The highest BCUT2D eigenvalue weighted by molar-refractivity contribution is 5.62. The quantitative estimate of drug-likeness (QED) is 0.715. The number of nitrogen functional groups attached to an aromatic ring is 1. The first-order valence-corrected chi connectivity index (χ1v) is 6.91. The SMILES string of the molecule is CCCCN(CCCC)c1ccc(N)c(OC)c1. The van der Waals surface area contributed by atoms with Crippen LogP contribution in [0.5, 0.6) is 5.75 Å². The minimum Gasteiger partial charge on any atom is -0.495 e. The van der Waals surface area contributed by atoms with E-state index in [2.05, 4.69) is 24.8 Å². The summed E-state index contributed by atoms with van der Waals surface area (Å²) in [5.74, 6) is 0.769. The van der Waals surface area contributed by atoms with Gasteiger partial charge in [0.25, 0.3) is 0 Å². The lowest BCUT2D eigenvalue weighted by Crippen LogP contribution is -2.25. The van der Waals surface area contributed by atoms with E-state index in [1.54, 1.807) is 7.11 Å². The molecule has 1 aromatic rings. The molecule has 0 radical (unpaired) electrons. The highest BCUT2D eigenvalue weighted by Gasteiger charge is 2.08. The Kier molecular flexibility index (Phi) is 6.40. The molecule has 0 atom stereocenters. The number of benzene rings is 1. The van der Waals surface area contributed by atoms with E-state index in [4.69, 9.17) is 10.5 Å². The molecular formula is C15H26N2O. The maximum atomic E-state index is 5.86. The number of ether oxygens (including phenoxy) is 1. The Morgan fingerprint density at radius 3 is 2.22 bits per heavy atom. The van der Waals surface area contributed by atoms with E-state index < -0.39 is 0 Å². The van der Waals surface area contributed by atoms with Crippen molar-refractivity contribution in [2.45, 2.75) is 39.5 Å². The van der Waals surface area contributed by atoms with Crippen LogP contribution in [0.3, 0.4) is 0 Å². The lowest BCUT2D eigenvalue weighted by Gasteiger charge is -2.25. The highest BCUT2D eigenvalue weighted by Crippen LogP contribution is 2.27. The van der Waals surface area contributed by atoms with Crippen LogP contribution in [0, 0.1) is 0 Å². The van der Waals surface area contributed by atoms with Crippen LogP contribution in [0.25, 0.3) is 0 Å². The molecule has 0 spiro atoms. The largest absolute Gasteiger partial charge is 0.495 e. The number of rotatable bonds is 8. The summed E-state index contributed by atoms with van der Waals surface area (Å²) in [6, 6.07) is 6.06. The zero-order valence-electron chi connectivity index (χ0n) is 11.9. The molecular weight excluding hydrogens is 224 g/mol. The minimum absolute atomic E-state index is 0.701. The summed E-state index contributed by atoms with van der Waals surface area (Å²) in [6.45, 7) is 6.65. The van der Waals surface area contributed by atoms with Crippen LogP contribution < -0.4 is 15.4 Å². The third-order valence-electron chi connectivity index (χ3n) is 3.15. The molecule has 0 aromatic heterocycles. The van der Waals surface area contributed by atoms with E-state index in [9.17, 15) is 0 Å². The zero-order valence-corrected chi connectivity index (χ0v) is 11.9. The molecule has 0 unspecified atom stereocenters. The first-order valence-electron chi connectivity index (χ1n) is 6.91. The molecule has 1 aromatic carbocycles. The van der Waals surface area contributed by atoms with E-state index in [0.29, 0.717) is 5.69 Å². The fraction of sp³-hybridized carbons (Fsp3) is 0.600. The van der Waals surface area contributed by atoms with Gasteiger partial charge in [-0.1, -0.05) is 26.7 Å². The number of unbranched alkanes of at least 4 members (excludes halogenated alkanes) is 2. The van der Waals surface area contributed by atoms with E-state index in [1.807, 2.05) is 12.1 Å². The lowest BCUT2D eigenvalue weighted by atomic mass is 10.2. The fourth-order valence-electron chi connectivity index (χ4n) is 1.96. The number of anilines is 2. The van der Waals surface area contributed by atoms with E-state index in [1.165, 1.54) is 31.4 Å². The predicted molar refractivity (Wildman–Crippen MR) is 79.4 cm³/mol. The molecule has 3 nitrogen and oxygen atoms in total. The van der Waals surface area contributed by atoms with Gasteiger partial charge >= 0.3 is 0 Å². The molecule has 0 heterocycles. The zero-order chi connectivity index (χ0) is 13.4. The van der Waals surface area contributed by atoms with Gasteiger partial charge in [-0.25, -0.2) is 0 Å². The summed E-state index contributed by atoms with van der Waals surface area (Å²) < 4.78 is 5.29. The van der Waals surface area contributed by atoms with E-state index in [-0.39, 0.29) is 0 Å². The average molecular weight is 250 g/mol. The van der Waals surface area contributed by atoms with Crippen molar-refractivity contribution >= 4 is 11.4 Å². The van der Waals surface area contributed by atoms with Crippen LogP contribution in [0.15, 0.2) is 18.2 Å². The van der Waals surface area contributed by atoms with Gasteiger partial charge in [0, 0.05) is 24.8 Å². The van der Waals surface area contributed by atoms with Crippen molar-refractivity contribution in [1.82, 2.24) is 0 Å². The topological polar surface area (TPSA) is 38.5 Å². The maximum Gasteiger partial charge on any atom is 0.143 e. The summed E-state index contributed by atoms with van der Waals surface area (Å²) in [4.78, 5) is 2.43. The predicted octanol–water partition coefficient (Wildman–Crippen LogP) is 3.68. The fourth-order valence-corrected chi connectivity index (χ4v) is 1.96. The molecule has 18 heavy (non-hydrogen) atoms. The molecule has 0 fully saturated rings. The molecule has 102 valence electrons. The monoisotopic (exact) mass is 250 g/mol. The van der Waals surface area contributed by atoms with Gasteiger partial charge in [0.05, 0.1) is 12.8 Å². The summed E-state index contributed by atoms with van der Waals surface area (Å²) in [7, 11) is 1.66. The van der Waals surface area contributed by atoms with Gasteiger partial charge in [0.1, 0.15) is 5.75 Å². The molecule has 1 rings (SSSR count). The molecule has 0 saturated carbocycles. The van der Waals surface area contributed by atoms with Crippen LogP contribution in [0.4, 0.5) is 11.4 Å². The van der Waals surface area contributed by atoms with Crippen molar-refractivity contribution in [3.63, 3.8) is 0 Å². The summed E-state index contributed by atoms with van der Waals surface area (Å²) >= 11 is 0. The molecule has 0 aliphatic rings. The van der Waals surface area contributed by atoms with Crippen molar-refractivity contribution in [2.24, 2.45) is 0 Å². The van der Waals surface area contributed by atoms with Gasteiger partial charge in [-0.15, -0.1) is 0 Å². The summed E-state index contributed by atoms with van der Waals surface area (Å²) in [6.07, 6.45) is 4.87. The molecule has 0 amide bonds. The standard InChI is InChI=1S/C15H26N2O/c1-4-6-10-17(11-7-5-2)13-8-9-14(16)15(12-13)18-3/h8-9,12H,4-7,10-11,16H2,1-3H3. The van der Waals surface area contributed by atoms with E-state index >= 15 is 0 Å². The van der Waals surface area contributed by atoms with E-state index in [0.717, 1.165) is 18.8 Å². The Bertz CT molecular complexity index is 344. The Hall–Kier alpha value is -1.38. The van der Waals surface area contributed by atoms with Crippen molar-refractivity contribution in [3.8, 4) is 5.75 Å².